The molecule has 15 heteroatoms. The number of anilines is 2. The molecule has 45 heavy (non-hydrogen) atoms. The van der Waals surface area contributed by atoms with Crippen molar-refractivity contribution in [2.75, 3.05) is 38.2 Å². The monoisotopic (exact) mass is 610 g/mol. The van der Waals surface area contributed by atoms with Crippen molar-refractivity contribution in [1.29, 1.82) is 10.5 Å². The predicted octanol–water partition coefficient (Wildman–Crippen LogP) is 3.13. The van der Waals surface area contributed by atoms with Crippen molar-refractivity contribution < 1.29 is 14.2 Å². The number of hydrogen-bond acceptors (Lipinski definition) is 13. The van der Waals surface area contributed by atoms with Gasteiger partial charge in [0, 0.05) is 37.1 Å². The number of benzene rings is 1. The average molecular weight is 611 g/mol. The molecule has 0 radical (unpaired) electrons. The van der Waals surface area contributed by atoms with Crippen LogP contribution in [0.15, 0.2) is 43.1 Å². The highest BCUT2D eigenvalue weighted by molar-refractivity contribution is 5.67. The number of nitrogens with zero attached hydrogens (tertiary/aromatic N) is 11. The molecule has 1 saturated heterocycles. The Kier molecular flexibility index (Phi) is 9.38. The molecule has 1 aliphatic heterocycles. The molecule has 0 bridgehead atoms. The first kappa shape index (κ1) is 29.9. The molecule has 1 aromatic carbocycles. The minimum absolute atomic E-state index is 0.118. The van der Waals surface area contributed by atoms with Crippen LogP contribution in [0, 0.1) is 22.7 Å². The van der Waals surface area contributed by atoms with Crippen molar-refractivity contribution in [3.63, 3.8) is 0 Å². The zero-order valence-corrected chi connectivity index (χ0v) is 25.0. The number of ether oxygens (including phenoxy) is 3. The molecule has 0 unspecified atom stereocenters. The summed E-state index contributed by atoms with van der Waals surface area (Å²) in [6, 6.07) is 10.4. The highest BCUT2D eigenvalue weighted by Gasteiger charge is 2.29. The van der Waals surface area contributed by atoms with E-state index in [0.29, 0.717) is 41.4 Å². The molecule has 2 fully saturated rings. The fourth-order valence-corrected chi connectivity index (χ4v) is 5.82. The molecule has 0 amide bonds. The van der Waals surface area contributed by atoms with Crippen LogP contribution in [0.1, 0.15) is 44.2 Å². The first-order chi connectivity index (χ1) is 22.1. The summed E-state index contributed by atoms with van der Waals surface area (Å²) in [5, 5.41) is 37.7. The lowest BCUT2D eigenvalue weighted by molar-refractivity contribution is 0.00503. The molecule has 4 aromatic rings. The summed E-state index contributed by atoms with van der Waals surface area (Å²) in [5.74, 6) is 1.14. The lowest BCUT2D eigenvalue weighted by Gasteiger charge is -2.38. The molecular weight excluding hydrogens is 576 g/mol. The van der Waals surface area contributed by atoms with Gasteiger partial charge in [-0.15, -0.1) is 10.2 Å². The molecule has 15 nitrogen and oxygen atoms in total. The Bertz CT molecular complexity index is 1630. The molecule has 1 N–H and O–H groups in total. The van der Waals surface area contributed by atoms with E-state index in [1.165, 1.54) is 6.33 Å². The van der Waals surface area contributed by atoms with Crippen molar-refractivity contribution in [3.8, 4) is 34.9 Å². The van der Waals surface area contributed by atoms with Crippen molar-refractivity contribution in [1.82, 2.24) is 44.9 Å². The van der Waals surface area contributed by atoms with Gasteiger partial charge in [0.05, 0.1) is 37.6 Å². The molecule has 1 atom stereocenters. The van der Waals surface area contributed by atoms with Crippen LogP contribution in [-0.2, 0) is 11.3 Å². The van der Waals surface area contributed by atoms with Crippen LogP contribution >= 0.6 is 0 Å². The second-order valence-electron chi connectivity index (χ2n) is 11.1. The zero-order valence-electron chi connectivity index (χ0n) is 25.0. The smallest absolute Gasteiger partial charge is 0.257 e. The summed E-state index contributed by atoms with van der Waals surface area (Å²) in [4.78, 5) is 11.6. The number of hydrogen-bond donors (Lipinski definition) is 1. The first-order valence-electron chi connectivity index (χ1n) is 15.0. The molecule has 1 aliphatic carbocycles. The third kappa shape index (κ3) is 7.34. The fraction of sp³-hybridized carbons (Fsp3) is 0.467. The molecule has 4 heterocycles. The molecule has 232 valence electrons. The minimum Gasteiger partial charge on any atom is -0.487 e. The van der Waals surface area contributed by atoms with E-state index in [1.807, 2.05) is 29.9 Å². The van der Waals surface area contributed by atoms with Crippen LogP contribution < -0.4 is 14.8 Å². The van der Waals surface area contributed by atoms with Gasteiger partial charge in [-0.3, -0.25) is 9.58 Å². The van der Waals surface area contributed by atoms with Crippen LogP contribution in [0.4, 0.5) is 11.6 Å². The Morgan fingerprint density at radius 2 is 1.84 bits per heavy atom. The Hall–Kier alpha value is -5.12. The van der Waals surface area contributed by atoms with Crippen molar-refractivity contribution in [3.05, 3.63) is 48.7 Å². The van der Waals surface area contributed by atoms with Gasteiger partial charge in [-0.05, 0) is 60.7 Å². The first-order valence-corrected chi connectivity index (χ1v) is 15.0. The van der Waals surface area contributed by atoms with Gasteiger partial charge >= 0.3 is 0 Å². The van der Waals surface area contributed by atoms with Crippen molar-refractivity contribution in [2.45, 2.75) is 57.3 Å². The maximum Gasteiger partial charge on any atom is 0.257 e. The third-order valence-electron chi connectivity index (χ3n) is 8.07. The molecule has 1 saturated carbocycles. The van der Waals surface area contributed by atoms with E-state index in [-0.39, 0.29) is 18.8 Å². The number of rotatable bonds is 11. The van der Waals surface area contributed by atoms with E-state index in [4.69, 9.17) is 19.5 Å². The lowest BCUT2D eigenvalue weighted by Crippen LogP contribution is -2.45. The van der Waals surface area contributed by atoms with E-state index in [2.05, 4.69) is 46.9 Å². The van der Waals surface area contributed by atoms with E-state index >= 15 is 0 Å². The highest BCUT2D eigenvalue weighted by Crippen LogP contribution is 2.35. The molecule has 2 aliphatic rings. The van der Waals surface area contributed by atoms with Crippen molar-refractivity contribution >= 4 is 11.6 Å². The van der Waals surface area contributed by atoms with Crippen LogP contribution in [0.5, 0.6) is 11.6 Å². The van der Waals surface area contributed by atoms with Gasteiger partial charge in [0.1, 0.15) is 36.0 Å². The molecular formula is C30H34N12O3. The summed E-state index contributed by atoms with van der Waals surface area (Å²) in [6.07, 6.45) is 10.8. The second kappa shape index (κ2) is 14.1. The summed E-state index contributed by atoms with van der Waals surface area (Å²) in [6.45, 7) is 5.80. The van der Waals surface area contributed by atoms with Crippen LogP contribution in [0.2, 0.25) is 0 Å². The van der Waals surface area contributed by atoms with Crippen LogP contribution in [-0.4, -0.2) is 89.9 Å². The number of nitrogens with one attached hydrogen (secondary N) is 1. The average Bonchev–Trinajstić information content (AvgIpc) is 3.74. The Morgan fingerprint density at radius 1 is 1.07 bits per heavy atom. The maximum absolute atomic E-state index is 9.61. The number of nitriles is 2. The van der Waals surface area contributed by atoms with Crippen molar-refractivity contribution in [2.24, 2.45) is 0 Å². The standard InChI is InChI=1S/C30H34N12O3/c1-21(18-41-20-35-38-39-41)45-28-14-22(2-3-23(28)15-32)24-16-33-30(34-17-24)36-27-19-42(37-29(27)44-11-8-31)26-6-4-25(5-7-26)40-9-12-43-13-10-40/h2-3,14,16-17,19-21,25-26H,4-7,9-13,18H2,1H3,(H,33,34,36)/t21-,25?,26?/m0/s1. The summed E-state index contributed by atoms with van der Waals surface area (Å²) in [5.41, 5.74) is 2.55. The van der Waals surface area contributed by atoms with Gasteiger partial charge in [-0.2, -0.15) is 10.5 Å². The van der Waals surface area contributed by atoms with E-state index in [9.17, 15) is 5.26 Å². The van der Waals surface area contributed by atoms with E-state index in [0.717, 1.165) is 63.1 Å². The summed E-state index contributed by atoms with van der Waals surface area (Å²) >= 11 is 0. The normalized spacial score (nSPS) is 19.3. The van der Waals surface area contributed by atoms with Gasteiger partial charge in [0.2, 0.25) is 5.95 Å². The van der Waals surface area contributed by atoms with Crippen LogP contribution in [0.25, 0.3) is 11.1 Å². The van der Waals surface area contributed by atoms with Gasteiger partial charge in [0.25, 0.3) is 5.88 Å². The van der Waals surface area contributed by atoms with Gasteiger partial charge < -0.3 is 19.5 Å². The number of tetrazole rings is 1. The quantitative estimate of drug-likeness (QED) is 0.262. The summed E-state index contributed by atoms with van der Waals surface area (Å²) in [7, 11) is 0. The third-order valence-corrected chi connectivity index (χ3v) is 8.07. The maximum atomic E-state index is 9.61. The Morgan fingerprint density at radius 3 is 2.56 bits per heavy atom. The SMILES string of the molecule is C[C@@H](Cn1cnnn1)Oc1cc(-c2cnc(Nc3cn(C4CCC(N5CCOCC5)CC4)nc3OCC#N)nc2)ccc1C#N. The summed E-state index contributed by atoms with van der Waals surface area (Å²) < 4.78 is 20.7. The lowest BCUT2D eigenvalue weighted by atomic mass is 9.90. The predicted molar refractivity (Wildman–Crippen MR) is 160 cm³/mol. The number of morpholine rings is 1. The Balaban J connectivity index is 1.13. The van der Waals surface area contributed by atoms with Gasteiger partial charge in [-0.25, -0.2) is 14.6 Å². The van der Waals surface area contributed by atoms with E-state index in [1.54, 1.807) is 29.2 Å². The minimum atomic E-state index is -0.281. The van der Waals surface area contributed by atoms with E-state index < -0.39 is 0 Å². The van der Waals surface area contributed by atoms with Crippen LogP contribution in [0.3, 0.4) is 0 Å². The number of aromatic nitrogens is 8. The highest BCUT2D eigenvalue weighted by atomic mass is 16.5. The molecule has 6 rings (SSSR count). The largest absolute Gasteiger partial charge is 0.487 e. The zero-order chi connectivity index (χ0) is 31.0. The molecule has 3 aromatic heterocycles. The fourth-order valence-electron chi connectivity index (χ4n) is 5.82. The van der Waals surface area contributed by atoms with Gasteiger partial charge in [-0.1, -0.05) is 6.07 Å². The Labute approximate surface area is 260 Å². The second-order valence-corrected chi connectivity index (χ2v) is 11.1. The molecule has 0 spiro atoms. The van der Waals surface area contributed by atoms with Gasteiger partial charge in [0.15, 0.2) is 6.61 Å². The topological polar surface area (TPSA) is 178 Å².